The first-order chi connectivity index (χ1) is 15.5. The molecule has 0 radical (unpaired) electrons. The Labute approximate surface area is 186 Å². The van der Waals surface area contributed by atoms with Crippen molar-refractivity contribution in [2.45, 2.75) is 12.8 Å². The number of nitrogens with zero attached hydrogens (tertiary/aromatic N) is 4. The number of rotatable bonds is 4. The number of carbonyl (C=O) groups excluding carboxylic acids is 4. The van der Waals surface area contributed by atoms with Gasteiger partial charge in [0.15, 0.2) is 0 Å². The summed E-state index contributed by atoms with van der Waals surface area (Å²) in [5, 5.41) is 0. The summed E-state index contributed by atoms with van der Waals surface area (Å²) in [5.74, 6) is 0.394. The smallest absolute Gasteiger partial charge is 0.234 e. The Hall–Kier alpha value is -2.32. The van der Waals surface area contributed by atoms with Crippen LogP contribution in [0.1, 0.15) is 12.8 Å². The van der Waals surface area contributed by atoms with E-state index in [1.807, 2.05) is 0 Å². The molecule has 0 N–H and O–H groups in total. The minimum absolute atomic E-state index is 0.00215. The van der Waals surface area contributed by atoms with Gasteiger partial charge >= 0.3 is 0 Å². The van der Waals surface area contributed by atoms with Crippen LogP contribution in [-0.2, 0) is 19.2 Å². The van der Waals surface area contributed by atoms with Gasteiger partial charge in [-0.15, -0.1) is 0 Å². The van der Waals surface area contributed by atoms with E-state index in [-0.39, 0.29) is 71.0 Å². The van der Waals surface area contributed by atoms with Gasteiger partial charge in [0.2, 0.25) is 23.6 Å². The van der Waals surface area contributed by atoms with Crippen LogP contribution in [0, 0.1) is 47.3 Å². The van der Waals surface area contributed by atoms with Gasteiger partial charge in [-0.2, -0.15) is 0 Å². The maximum atomic E-state index is 12.9. The maximum Gasteiger partial charge on any atom is 0.234 e. The summed E-state index contributed by atoms with van der Waals surface area (Å²) >= 11 is 0. The number of amides is 4. The number of carbonyl (C=O) groups is 4. The summed E-state index contributed by atoms with van der Waals surface area (Å²) in [6, 6.07) is 0. The van der Waals surface area contributed by atoms with E-state index in [9.17, 15) is 19.2 Å². The van der Waals surface area contributed by atoms with E-state index in [0.29, 0.717) is 39.5 Å². The average molecular weight is 437 g/mol. The van der Waals surface area contributed by atoms with Crippen molar-refractivity contribution in [1.82, 2.24) is 19.6 Å². The Morgan fingerprint density at radius 2 is 0.812 bits per heavy atom. The van der Waals surface area contributed by atoms with Gasteiger partial charge in [0.25, 0.3) is 0 Å². The number of hydrogen-bond acceptors (Lipinski definition) is 6. The maximum absolute atomic E-state index is 12.9. The number of fused-ring (bicyclic) bond motifs is 10. The van der Waals surface area contributed by atoms with Crippen LogP contribution in [0.15, 0.2) is 24.3 Å². The van der Waals surface area contributed by atoms with E-state index in [2.05, 4.69) is 34.1 Å². The van der Waals surface area contributed by atoms with E-state index < -0.39 is 0 Å². The molecule has 0 aromatic heterocycles. The zero-order valence-corrected chi connectivity index (χ0v) is 18.0. The van der Waals surface area contributed by atoms with Gasteiger partial charge in [-0.25, -0.2) is 0 Å². The summed E-state index contributed by atoms with van der Waals surface area (Å²) in [5.41, 5.74) is 0. The molecule has 4 amide bonds. The average Bonchev–Trinajstić information content (AvgIpc) is 3.62. The number of hydrogen-bond donors (Lipinski definition) is 0. The van der Waals surface area contributed by atoms with Crippen LogP contribution in [0.5, 0.6) is 0 Å². The molecular weight excluding hydrogens is 408 g/mol. The van der Waals surface area contributed by atoms with Gasteiger partial charge in [-0.1, -0.05) is 24.3 Å². The van der Waals surface area contributed by atoms with E-state index >= 15 is 0 Å². The lowest BCUT2D eigenvalue weighted by Gasteiger charge is -2.37. The Balaban J connectivity index is 0.956. The summed E-state index contributed by atoms with van der Waals surface area (Å²) in [4.78, 5) is 59.0. The van der Waals surface area contributed by atoms with Crippen molar-refractivity contribution in [2.75, 3.05) is 39.5 Å². The molecule has 4 aliphatic carbocycles. The zero-order valence-electron chi connectivity index (χ0n) is 18.0. The molecular formula is C24H28N4O4. The van der Waals surface area contributed by atoms with Crippen molar-refractivity contribution in [1.29, 1.82) is 0 Å². The van der Waals surface area contributed by atoms with Gasteiger partial charge in [0, 0.05) is 26.2 Å². The fourth-order valence-corrected chi connectivity index (χ4v) is 7.68. The SMILES string of the molecule is O=C1[C@@H]2[C@H](C(=O)N1CN1CCN(CN3C(=O)[C@@H]4[C@@H](C3=O)[C@H]3C=C[C@H]4C3)CC1)[C@H]1C=C[C@@H]2C1. The molecule has 7 rings (SSSR count). The summed E-state index contributed by atoms with van der Waals surface area (Å²) in [6.45, 7) is 3.58. The van der Waals surface area contributed by atoms with Gasteiger partial charge in [0.05, 0.1) is 37.0 Å². The third kappa shape index (κ3) is 2.45. The normalized spacial score (nSPS) is 44.6. The number of piperazine rings is 1. The van der Waals surface area contributed by atoms with Crippen molar-refractivity contribution in [3.63, 3.8) is 0 Å². The molecule has 168 valence electrons. The van der Waals surface area contributed by atoms with Crippen LogP contribution in [0.25, 0.3) is 0 Å². The molecule has 7 aliphatic rings. The molecule has 0 aromatic carbocycles. The predicted octanol–water partition coefficient (Wildman–Crippen LogP) is 0.133. The summed E-state index contributed by atoms with van der Waals surface area (Å²) < 4.78 is 0. The lowest BCUT2D eigenvalue weighted by atomic mass is 9.85. The predicted molar refractivity (Wildman–Crippen MR) is 112 cm³/mol. The van der Waals surface area contributed by atoms with Crippen molar-refractivity contribution in [3.05, 3.63) is 24.3 Å². The Morgan fingerprint density at radius 3 is 1.09 bits per heavy atom. The van der Waals surface area contributed by atoms with E-state index in [1.165, 1.54) is 9.80 Å². The number of likely N-dealkylation sites (tertiary alicyclic amines) is 2. The highest BCUT2D eigenvalue weighted by molar-refractivity contribution is 6.07. The fraction of sp³-hybridized carbons (Fsp3) is 0.667. The van der Waals surface area contributed by atoms with Crippen molar-refractivity contribution >= 4 is 23.6 Å². The summed E-state index contributed by atoms with van der Waals surface area (Å²) in [7, 11) is 0. The van der Waals surface area contributed by atoms with Gasteiger partial charge in [-0.3, -0.25) is 38.8 Å². The molecule has 0 spiro atoms. The largest absolute Gasteiger partial charge is 0.283 e. The van der Waals surface area contributed by atoms with Gasteiger partial charge < -0.3 is 0 Å². The quantitative estimate of drug-likeness (QED) is 0.461. The lowest BCUT2D eigenvalue weighted by molar-refractivity contribution is -0.146. The van der Waals surface area contributed by atoms with Gasteiger partial charge in [0.1, 0.15) is 0 Å². The van der Waals surface area contributed by atoms with Crippen LogP contribution in [0.2, 0.25) is 0 Å². The monoisotopic (exact) mass is 436 g/mol. The second-order valence-corrected chi connectivity index (χ2v) is 10.7. The first kappa shape index (κ1) is 19.2. The Morgan fingerprint density at radius 1 is 0.531 bits per heavy atom. The molecule has 3 saturated heterocycles. The highest BCUT2D eigenvalue weighted by Gasteiger charge is 2.60. The molecule has 4 bridgehead atoms. The van der Waals surface area contributed by atoms with Gasteiger partial charge in [-0.05, 0) is 36.5 Å². The van der Waals surface area contributed by atoms with E-state index in [0.717, 1.165) is 12.8 Å². The van der Waals surface area contributed by atoms with Crippen LogP contribution < -0.4 is 0 Å². The summed E-state index contributed by atoms with van der Waals surface area (Å²) in [6.07, 6.45) is 10.4. The standard InChI is InChI=1S/C24H28N4O4/c29-21-17-13-1-2-14(9-13)18(17)22(30)27(21)11-25-5-7-26(8-6-25)12-28-23(31)19-15-3-4-16(10-15)20(19)24(28)32/h1-4,13-20H,5-12H2/t13-,14-,15-,16+,17-,18-,19+,20-/m0/s1. The second-order valence-electron chi connectivity index (χ2n) is 10.7. The molecule has 8 nitrogen and oxygen atoms in total. The van der Waals surface area contributed by atoms with E-state index in [1.54, 1.807) is 0 Å². The first-order valence-corrected chi connectivity index (χ1v) is 12.0. The van der Waals surface area contributed by atoms with Crippen molar-refractivity contribution < 1.29 is 19.2 Å². The third-order valence-electron chi connectivity index (χ3n) is 9.27. The topological polar surface area (TPSA) is 81.2 Å². The minimum Gasteiger partial charge on any atom is -0.283 e. The highest BCUT2D eigenvalue weighted by atomic mass is 16.2. The molecule has 5 fully saturated rings. The van der Waals surface area contributed by atoms with Crippen molar-refractivity contribution in [3.8, 4) is 0 Å². The molecule has 3 aliphatic heterocycles. The van der Waals surface area contributed by atoms with Crippen molar-refractivity contribution in [2.24, 2.45) is 47.3 Å². The molecule has 32 heavy (non-hydrogen) atoms. The molecule has 3 heterocycles. The van der Waals surface area contributed by atoms with Crippen LogP contribution in [0.3, 0.4) is 0 Å². The first-order valence-electron chi connectivity index (χ1n) is 12.0. The van der Waals surface area contributed by atoms with Crippen LogP contribution in [0.4, 0.5) is 0 Å². The minimum atomic E-state index is -0.143. The van der Waals surface area contributed by atoms with Crippen LogP contribution >= 0.6 is 0 Å². The molecule has 0 aromatic rings. The highest BCUT2D eigenvalue weighted by Crippen LogP contribution is 2.53. The molecule has 8 heteroatoms. The number of imide groups is 2. The zero-order chi connectivity index (χ0) is 21.7. The third-order valence-corrected chi connectivity index (χ3v) is 9.27. The van der Waals surface area contributed by atoms with E-state index in [4.69, 9.17) is 0 Å². The van der Waals surface area contributed by atoms with Crippen LogP contribution in [-0.4, -0.2) is 82.7 Å². The Bertz CT molecular complexity index is 844. The molecule has 2 saturated carbocycles. The molecule has 0 unspecified atom stereocenters. The fourth-order valence-electron chi connectivity index (χ4n) is 7.68. The Kier molecular flexibility index (Phi) is 3.96. The number of allylic oxidation sites excluding steroid dienone is 4. The second kappa shape index (κ2) is 6.60. The molecule has 8 atom stereocenters. The lowest BCUT2D eigenvalue weighted by Crippen LogP contribution is -2.54.